The van der Waals surface area contributed by atoms with Gasteiger partial charge in [0.1, 0.15) is 4.60 Å². The molecule has 4 nitrogen and oxygen atoms in total. The third kappa shape index (κ3) is 2.65. The highest BCUT2D eigenvalue weighted by Crippen LogP contribution is 2.28. The van der Waals surface area contributed by atoms with Crippen LogP contribution in [0, 0.1) is 0 Å². The van der Waals surface area contributed by atoms with Crippen molar-refractivity contribution in [2.45, 2.75) is 0 Å². The SMILES string of the molecule is CN(c1ccc(C(=O)O)cc1)c1nc(Br)cs1. The van der Waals surface area contributed by atoms with Crippen LogP contribution in [0.1, 0.15) is 10.4 Å². The van der Waals surface area contributed by atoms with Crippen molar-refractivity contribution in [1.29, 1.82) is 0 Å². The smallest absolute Gasteiger partial charge is 0.335 e. The molecule has 17 heavy (non-hydrogen) atoms. The van der Waals surface area contributed by atoms with Gasteiger partial charge in [0, 0.05) is 18.1 Å². The van der Waals surface area contributed by atoms with Crippen LogP contribution in [0.5, 0.6) is 0 Å². The highest BCUT2D eigenvalue weighted by molar-refractivity contribution is 9.10. The number of halogens is 1. The minimum Gasteiger partial charge on any atom is -0.478 e. The van der Waals surface area contributed by atoms with Gasteiger partial charge in [-0.15, -0.1) is 11.3 Å². The molecule has 0 aliphatic carbocycles. The lowest BCUT2D eigenvalue weighted by molar-refractivity contribution is 0.0697. The van der Waals surface area contributed by atoms with Crippen LogP contribution in [0.25, 0.3) is 0 Å². The van der Waals surface area contributed by atoms with Crippen molar-refractivity contribution in [3.8, 4) is 0 Å². The van der Waals surface area contributed by atoms with Crippen molar-refractivity contribution >= 4 is 44.1 Å². The Kier molecular flexibility index (Phi) is 3.44. The number of hydrogen-bond donors (Lipinski definition) is 1. The Balaban J connectivity index is 2.25. The number of carboxylic acid groups (broad SMARTS) is 1. The lowest BCUT2D eigenvalue weighted by Gasteiger charge is -2.15. The summed E-state index contributed by atoms with van der Waals surface area (Å²) in [7, 11) is 1.89. The highest BCUT2D eigenvalue weighted by atomic mass is 79.9. The molecule has 1 aromatic heterocycles. The molecule has 0 atom stereocenters. The minimum atomic E-state index is -0.920. The second-order valence-corrected chi connectivity index (χ2v) is 5.01. The van der Waals surface area contributed by atoms with E-state index in [9.17, 15) is 4.79 Å². The standard InChI is InChI=1S/C11H9BrN2O2S/c1-14(11-13-9(12)6-17-11)8-4-2-7(3-5-8)10(15)16/h2-6H,1H3,(H,15,16). The molecule has 2 rings (SSSR count). The number of rotatable bonds is 3. The van der Waals surface area contributed by atoms with Crippen LogP contribution in [0.4, 0.5) is 10.8 Å². The van der Waals surface area contributed by atoms with Crippen molar-refractivity contribution < 1.29 is 9.90 Å². The second-order valence-electron chi connectivity index (χ2n) is 3.36. The third-order valence-corrected chi connectivity index (χ3v) is 3.88. The molecule has 1 heterocycles. The molecule has 1 N–H and O–H groups in total. The Bertz CT molecular complexity index is 539. The molecule has 2 aromatic rings. The molecule has 1 aromatic carbocycles. The van der Waals surface area contributed by atoms with Crippen LogP contribution in [0.15, 0.2) is 34.2 Å². The van der Waals surface area contributed by atoms with E-state index in [1.54, 1.807) is 24.3 Å². The number of benzene rings is 1. The van der Waals surface area contributed by atoms with Gasteiger partial charge in [-0.2, -0.15) is 0 Å². The maximum Gasteiger partial charge on any atom is 0.335 e. The Morgan fingerprint density at radius 1 is 1.41 bits per heavy atom. The van der Waals surface area contributed by atoms with E-state index >= 15 is 0 Å². The van der Waals surface area contributed by atoms with Crippen LogP contribution in [0.2, 0.25) is 0 Å². The Morgan fingerprint density at radius 2 is 2.06 bits per heavy atom. The molecule has 0 amide bonds. The molecule has 6 heteroatoms. The number of anilines is 2. The van der Waals surface area contributed by atoms with E-state index in [-0.39, 0.29) is 5.56 Å². The lowest BCUT2D eigenvalue weighted by Crippen LogP contribution is -2.09. The first-order chi connectivity index (χ1) is 8.08. The summed E-state index contributed by atoms with van der Waals surface area (Å²) in [6.45, 7) is 0. The van der Waals surface area contributed by atoms with Crippen molar-refractivity contribution in [2.24, 2.45) is 0 Å². The largest absolute Gasteiger partial charge is 0.478 e. The van der Waals surface area contributed by atoms with Gasteiger partial charge in [-0.25, -0.2) is 9.78 Å². The van der Waals surface area contributed by atoms with Gasteiger partial charge in [0.2, 0.25) is 0 Å². The first kappa shape index (κ1) is 12.1. The van der Waals surface area contributed by atoms with Crippen molar-refractivity contribution in [1.82, 2.24) is 4.98 Å². The maximum atomic E-state index is 10.7. The predicted molar refractivity (Wildman–Crippen MR) is 71.3 cm³/mol. The van der Waals surface area contributed by atoms with E-state index in [2.05, 4.69) is 20.9 Å². The third-order valence-electron chi connectivity index (χ3n) is 2.25. The fourth-order valence-corrected chi connectivity index (χ4v) is 2.57. The number of aromatic carboxylic acids is 1. The zero-order chi connectivity index (χ0) is 12.4. The Labute approximate surface area is 111 Å². The summed E-state index contributed by atoms with van der Waals surface area (Å²) in [6.07, 6.45) is 0. The van der Waals surface area contributed by atoms with Crippen molar-refractivity contribution in [3.63, 3.8) is 0 Å². The fraction of sp³-hybridized carbons (Fsp3) is 0.0909. The first-order valence-corrected chi connectivity index (χ1v) is 6.43. The summed E-state index contributed by atoms with van der Waals surface area (Å²) in [4.78, 5) is 16.9. The van der Waals surface area contributed by atoms with Gasteiger partial charge in [0.05, 0.1) is 5.56 Å². The molecule has 88 valence electrons. The quantitative estimate of drug-likeness (QED) is 0.944. The van der Waals surface area contributed by atoms with Gasteiger partial charge >= 0.3 is 5.97 Å². The van der Waals surface area contributed by atoms with Crippen LogP contribution in [-0.4, -0.2) is 23.1 Å². The molecule has 0 saturated carbocycles. The Morgan fingerprint density at radius 3 is 2.53 bits per heavy atom. The van der Waals surface area contributed by atoms with Gasteiger partial charge in [-0.3, -0.25) is 0 Å². The van der Waals surface area contributed by atoms with Gasteiger partial charge in [0.25, 0.3) is 0 Å². The monoisotopic (exact) mass is 312 g/mol. The molecule has 0 unspecified atom stereocenters. The number of carboxylic acids is 1. The summed E-state index contributed by atoms with van der Waals surface area (Å²) in [6, 6.07) is 6.69. The number of nitrogens with zero attached hydrogens (tertiary/aromatic N) is 2. The normalized spacial score (nSPS) is 10.2. The summed E-state index contributed by atoms with van der Waals surface area (Å²) in [5, 5.41) is 11.6. The molecular weight excluding hydrogens is 304 g/mol. The number of carbonyl (C=O) groups is 1. The van der Waals surface area contributed by atoms with E-state index < -0.39 is 5.97 Å². The second kappa shape index (κ2) is 4.85. The van der Waals surface area contributed by atoms with Crippen LogP contribution in [0.3, 0.4) is 0 Å². The molecule has 0 fully saturated rings. The van der Waals surface area contributed by atoms with E-state index in [1.165, 1.54) is 11.3 Å². The van der Waals surface area contributed by atoms with E-state index in [4.69, 9.17) is 5.11 Å². The number of hydrogen-bond acceptors (Lipinski definition) is 4. The van der Waals surface area contributed by atoms with Gasteiger partial charge in [-0.1, -0.05) is 0 Å². The van der Waals surface area contributed by atoms with Gasteiger partial charge < -0.3 is 10.0 Å². The highest BCUT2D eigenvalue weighted by Gasteiger charge is 2.09. The number of thiazole rings is 1. The summed E-state index contributed by atoms with van der Waals surface area (Å²) in [5.41, 5.74) is 1.18. The van der Waals surface area contributed by atoms with Crippen LogP contribution in [-0.2, 0) is 0 Å². The summed E-state index contributed by atoms with van der Waals surface area (Å²) in [5.74, 6) is -0.920. The molecule has 0 saturated heterocycles. The van der Waals surface area contributed by atoms with Crippen LogP contribution < -0.4 is 4.90 Å². The fourth-order valence-electron chi connectivity index (χ4n) is 1.34. The topological polar surface area (TPSA) is 53.4 Å². The predicted octanol–water partition coefficient (Wildman–Crippen LogP) is 3.37. The number of aromatic nitrogens is 1. The van der Waals surface area contributed by atoms with Crippen molar-refractivity contribution in [3.05, 3.63) is 39.8 Å². The van der Waals surface area contributed by atoms with Crippen LogP contribution >= 0.6 is 27.3 Å². The molecule has 0 bridgehead atoms. The zero-order valence-corrected chi connectivity index (χ0v) is 11.3. The summed E-state index contributed by atoms with van der Waals surface area (Å²) >= 11 is 4.81. The Hall–Kier alpha value is -1.40. The molecular formula is C11H9BrN2O2S. The van der Waals surface area contributed by atoms with E-state index in [1.807, 2.05) is 17.3 Å². The molecule has 0 aliphatic rings. The van der Waals surface area contributed by atoms with Gasteiger partial charge in [0.15, 0.2) is 5.13 Å². The van der Waals surface area contributed by atoms with Crippen molar-refractivity contribution in [2.75, 3.05) is 11.9 Å². The lowest BCUT2D eigenvalue weighted by atomic mass is 10.2. The van der Waals surface area contributed by atoms with Gasteiger partial charge in [-0.05, 0) is 40.2 Å². The average Bonchev–Trinajstić information content (AvgIpc) is 2.75. The molecule has 0 spiro atoms. The zero-order valence-electron chi connectivity index (χ0n) is 8.92. The van der Waals surface area contributed by atoms with E-state index in [0.717, 1.165) is 15.4 Å². The molecule has 0 aliphatic heterocycles. The molecule has 0 radical (unpaired) electrons. The minimum absolute atomic E-state index is 0.280. The van der Waals surface area contributed by atoms with E-state index in [0.29, 0.717) is 0 Å². The first-order valence-electron chi connectivity index (χ1n) is 4.76. The maximum absolute atomic E-state index is 10.7. The average molecular weight is 313 g/mol. The summed E-state index contributed by atoms with van der Waals surface area (Å²) < 4.78 is 0.798.